The van der Waals surface area contributed by atoms with E-state index in [1.54, 1.807) is 0 Å². The van der Waals surface area contributed by atoms with Gasteiger partial charge in [0.1, 0.15) is 0 Å². The number of aromatic nitrogens is 2. The number of morpholine rings is 1. The lowest BCUT2D eigenvalue weighted by molar-refractivity contribution is -0.145. The highest BCUT2D eigenvalue weighted by Gasteiger charge is 2.24. The molecule has 6 heteroatoms. The van der Waals surface area contributed by atoms with Crippen molar-refractivity contribution in [3.63, 3.8) is 0 Å². The molecule has 0 radical (unpaired) electrons. The number of nitrogens with zero attached hydrogens (tertiary/aromatic N) is 3. The van der Waals surface area contributed by atoms with Gasteiger partial charge in [-0.3, -0.25) is 14.4 Å². The Morgan fingerprint density at radius 1 is 1.52 bits per heavy atom. The first kappa shape index (κ1) is 16.0. The van der Waals surface area contributed by atoms with Crippen LogP contribution in [0.3, 0.4) is 0 Å². The Labute approximate surface area is 126 Å². The lowest BCUT2D eigenvalue weighted by Crippen LogP contribution is -2.43. The third kappa shape index (κ3) is 4.28. The molecule has 1 aromatic rings. The van der Waals surface area contributed by atoms with E-state index in [1.807, 2.05) is 0 Å². The molecular formula is C15H25N3O3. The van der Waals surface area contributed by atoms with Gasteiger partial charge in [-0.2, -0.15) is 5.10 Å². The van der Waals surface area contributed by atoms with E-state index in [0.29, 0.717) is 13.0 Å². The van der Waals surface area contributed by atoms with Crippen molar-refractivity contribution >= 4 is 5.97 Å². The van der Waals surface area contributed by atoms with Crippen molar-refractivity contribution < 1.29 is 14.3 Å². The van der Waals surface area contributed by atoms with E-state index in [2.05, 4.69) is 34.6 Å². The minimum atomic E-state index is -0.214. The van der Waals surface area contributed by atoms with Crippen LogP contribution in [-0.4, -0.2) is 53.6 Å². The molecule has 0 N–H and O–H groups in total. The number of hydrogen-bond acceptors (Lipinski definition) is 5. The van der Waals surface area contributed by atoms with Crippen molar-refractivity contribution in [2.45, 2.75) is 45.9 Å². The maximum absolute atomic E-state index is 11.4. The van der Waals surface area contributed by atoms with E-state index < -0.39 is 0 Å². The van der Waals surface area contributed by atoms with Crippen LogP contribution < -0.4 is 0 Å². The van der Waals surface area contributed by atoms with Gasteiger partial charge in [-0.15, -0.1) is 0 Å². The fraction of sp³-hybridized carbons (Fsp3) is 0.733. The molecule has 118 valence electrons. The zero-order valence-electron chi connectivity index (χ0n) is 13.2. The van der Waals surface area contributed by atoms with Crippen LogP contribution >= 0.6 is 0 Å². The number of aryl methyl sites for hydroxylation is 2. The average Bonchev–Trinajstić information content (AvgIpc) is 2.89. The van der Waals surface area contributed by atoms with E-state index >= 15 is 0 Å². The van der Waals surface area contributed by atoms with E-state index in [9.17, 15) is 4.79 Å². The Hall–Kier alpha value is -1.40. The fourth-order valence-corrected chi connectivity index (χ4v) is 2.63. The molecule has 2 heterocycles. The van der Waals surface area contributed by atoms with Gasteiger partial charge in [0.05, 0.1) is 37.6 Å². The summed E-state index contributed by atoms with van der Waals surface area (Å²) in [6.07, 6.45) is 1.20. The summed E-state index contributed by atoms with van der Waals surface area (Å²) < 4.78 is 12.4. The highest BCUT2D eigenvalue weighted by molar-refractivity contribution is 5.69. The summed E-state index contributed by atoms with van der Waals surface area (Å²) in [5.74, 6) is -0.214. The van der Waals surface area contributed by atoms with Crippen LogP contribution in [-0.2, 0) is 33.8 Å². The maximum Gasteiger partial charge on any atom is 0.308 e. The second kappa shape index (κ2) is 7.56. The predicted octanol–water partition coefficient (Wildman–Crippen LogP) is 1.23. The van der Waals surface area contributed by atoms with E-state index in [0.717, 1.165) is 38.3 Å². The Morgan fingerprint density at radius 3 is 3.00 bits per heavy atom. The van der Waals surface area contributed by atoms with Gasteiger partial charge in [-0.05, 0) is 19.4 Å². The number of methoxy groups -OCH3 is 1. The van der Waals surface area contributed by atoms with Crippen molar-refractivity contribution in [2.75, 3.05) is 26.8 Å². The molecule has 0 spiro atoms. The van der Waals surface area contributed by atoms with Crippen LogP contribution in [0.1, 0.15) is 31.7 Å². The monoisotopic (exact) mass is 295 g/mol. The summed E-state index contributed by atoms with van der Waals surface area (Å²) in [4.78, 5) is 13.7. The Kier molecular flexibility index (Phi) is 5.76. The SMILES string of the molecule is CCc1cc(CN2CCOC(CC(=O)OC)C2)n(CC)n1. The van der Waals surface area contributed by atoms with Crippen LogP contribution in [0.5, 0.6) is 0 Å². The first-order chi connectivity index (χ1) is 10.2. The molecule has 1 atom stereocenters. The summed E-state index contributed by atoms with van der Waals surface area (Å²) in [5, 5.41) is 4.58. The van der Waals surface area contributed by atoms with Crippen LogP contribution in [0, 0.1) is 0 Å². The number of esters is 1. The highest BCUT2D eigenvalue weighted by atomic mass is 16.5. The fourth-order valence-electron chi connectivity index (χ4n) is 2.63. The summed E-state index contributed by atoms with van der Waals surface area (Å²) in [5.41, 5.74) is 2.36. The molecule has 1 aliphatic heterocycles. The van der Waals surface area contributed by atoms with Crippen LogP contribution in [0.25, 0.3) is 0 Å². The van der Waals surface area contributed by atoms with Gasteiger partial charge in [-0.1, -0.05) is 6.92 Å². The summed E-state index contributed by atoms with van der Waals surface area (Å²) in [6.45, 7) is 8.25. The standard InChI is InChI=1S/C15H25N3O3/c1-4-12-8-13(18(5-2)16-12)10-17-6-7-21-14(11-17)9-15(19)20-3/h8,14H,4-7,9-11H2,1-3H3. The largest absolute Gasteiger partial charge is 0.469 e. The summed E-state index contributed by atoms with van der Waals surface area (Å²) in [6, 6.07) is 2.17. The predicted molar refractivity (Wildman–Crippen MR) is 78.9 cm³/mol. The number of carbonyl (C=O) groups excluding carboxylic acids is 1. The molecule has 1 fully saturated rings. The summed E-state index contributed by atoms with van der Waals surface area (Å²) in [7, 11) is 1.41. The highest BCUT2D eigenvalue weighted by Crippen LogP contribution is 2.14. The third-order valence-electron chi connectivity index (χ3n) is 3.81. The minimum Gasteiger partial charge on any atom is -0.469 e. The van der Waals surface area contributed by atoms with Gasteiger partial charge < -0.3 is 9.47 Å². The van der Waals surface area contributed by atoms with Crippen molar-refractivity contribution in [1.82, 2.24) is 14.7 Å². The van der Waals surface area contributed by atoms with E-state index in [1.165, 1.54) is 12.8 Å². The van der Waals surface area contributed by atoms with Crippen LogP contribution in [0.4, 0.5) is 0 Å². The molecule has 1 aromatic heterocycles. The molecule has 0 saturated carbocycles. The van der Waals surface area contributed by atoms with E-state index in [4.69, 9.17) is 9.47 Å². The number of carbonyl (C=O) groups is 1. The summed E-state index contributed by atoms with van der Waals surface area (Å²) >= 11 is 0. The first-order valence-electron chi connectivity index (χ1n) is 7.62. The molecule has 6 nitrogen and oxygen atoms in total. The minimum absolute atomic E-state index is 0.0742. The normalized spacial score (nSPS) is 19.7. The molecule has 1 aliphatic rings. The van der Waals surface area contributed by atoms with Gasteiger partial charge in [0.2, 0.25) is 0 Å². The maximum atomic E-state index is 11.4. The van der Waals surface area contributed by atoms with Crippen LogP contribution in [0.15, 0.2) is 6.07 Å². The van der Waals surface area contributed by atoms with E-state index in [-0.39, 0.29) is 12.1 Å². The second-order valence-corrected chi connectivity index (χ2v) is 5.30. The molecule has 0 amide bonds. The van der Waals surface area contributed by atoms with Gasteiger partial charge in [0.15, 0.2) is 0 Å². The number of hydrogen-bond donors (Lipinski definition) is 0. The Morgan fingerprint density at radius 2 is 2.33 bits per heavy atom. The molecule has 0 bridgehead atoms. The Balaban J connectivity index is 1.95. The van der Waals surface area contributed by atoms with Crippen LogP contribution in [0.2, 0.25) is 0 Å². The lowest BCUT2D eigenvalue weighted by atomic mass is 10.2. The zero-order chi connectivity index (χ0) is 15.2. The first-order valence-corrected chi connectivity index (χ1v) is 7.62. The number of rotatable bonds is 6. The molecule has 21 heavy (non-hydrogen) atoms. The molecule has 1 unspecified atom stereocenters. The van der Waals surface area contributed by atoms with Gasteiger partial charge in [0, 0.05) is 26.2 Å². The average molecular weight is 295 g/mol. The zero-order valence-corrected chi connectivity index (χ0v) is 13.2. The molecular weight excluding hydrogens is 270 g/mol. The quantitative estimate of drug-likeness (QED) is 0.739. The lowest BCUT2D eigenvalue weighted by Gasteiger charge is -2.32. The molecule has 1 saturated heterocycles. The van der Waals surface area contributed by atoms with Gasteiger partial charge in [-0.25, -0.2) is 0 Å². The van der Waals surface area contributed by atoms with Crippen molar-refractivity contribution in [2.24, 2.45) is 0 Å². The molecule has 2 rings (SSSR count). The van der Waals surface area contributed by atoms with Gasteiger partial charge >= 0.3 is 5.97 Å². The van der Waals surface area contributed by atoms with Crippen molar-refractivity contribution in [3.8, 4) is 0 Å². The second-order valence-electron chi connectivity index (χ2n) is 5.30. The smallest absolute Gasteiger partial charge is 0.308 e. The van der Waals surface area contributed by atoms with Gasteiger partial charge in [0.25, 0.3) is 0 Å². The third-order valence-corrected chi connectivity index (χ3v) is 3.81. The van der Waals surface area contributed by atoms with Crippen molar-refractivity contribution in [1.29, 1.82) is 0 Å². The molecule has 0 aliphatic carbocycles. The molecule has 0 aromatic carbocycles. The topological polar surface area (TPSA) is 56.6 Å². The van der Waals surface area contributed by atoms with Crippen molar-refractivity contribution in [3.05, 3.63) is 17.5 Å². The number of ether oxygens (including phenoxy) is 2. The Bertz CT molecular complexity index is 473.